The Balaban J connectivity index is 1.80. The average Bonchev–Trinajstić information content (AvgIpc) is 3.46. The largest absolute Gasteiger partial charge is 0.335 e. The Morgan fingerprint density at radius 2 is 1.67 bits per heavy atom. The molecule has 8 heteroatoms. The minimum absolute atomic E-state index is 0.0349. The highest BCUT2D eigenvalue weighted by molar-refractivity contribution is 7.13. The lowest BCUT2D eigenvalue weighted by Gasteiger charge is -2.37. The molecule has 0 bridgehead atoms. The molecule has 4 aromatic rings. The molecule has 1 aliphatic heterocycles. The number of benzene rings is 2. The van der Waals surface area contributed by atoms with Crippen molar-refractivity contribution in [3.63, 3.8) is 0 Å². The first-order chi connectivity index (χ1) is 20.6. The number of piperazine rings is 1. The highest BCUT2D eigenvalue weighted by Gasteiger charge is 2.31. The second-order valence-corrected chi connectivity index (χ2v) is 13.3. The number of rotatable bonds is 8. The minimum atomic E-state index is -0.137. The summed E-state index contributed by atoms with van der Waals surface area (Å²) in [5.74, 6) is 0.200. The molecular formula is C35H41ClN4O2S. The second kappa shape index (κ2) is 13.2. The van der Waals surface area contributed by atoms with Crippen LogP contribution < -0.4 is 10.9 Å². The van der Waals surface area contributed by atoms with Gasteiger partial charge in [0.25, 0.3) is 11.5 Å². The Morgan fingerprint density at radius 1 is 1.05 bits per heavy atom. The summed E-state index contributed by atoms with van der Waals surface area (Å²) in [6, 6.07) is 16.0. The molecule has 43 heavy (non-hydrogen) atoms. The third kappa shape index (κ3) is 6.49. The van der Waals surface area contributed by atoms with Crippen LogP contribution in [0, 0.1) is 5.92 Å². The molecule has 1 N–H and O–H groups in total. The van der Waals surface area contributed by atoms with Crippen LogP contribution in [0.3, 0.4) is 0 Å². The maximum Gasteiger partial charge on any atom is 0.265 e. The standard InChI is InChI=1S/C35H41ClN4O2S/c1-7-24-10-9-11-25(8-2)32(24)40-31(16-21(3)4)28(34(41)39-18-22(5)37-23(6)19-39)17-29(35(40)42)33-38-30(20-43-33)26-12-14-27(36)15-13-26/h9-15,17,20-23,37H,7-8,16,18-19H2,1-6H3/t22-,23+. The summed E-state index contributed by atoms with van der Waals surface area (Å²) >= 11 is 7.55. The van der Waals surface area contributed by atoms with Crippen molar-refractivity contribution in [3.8, 4) is 27.5 Å². The van der Waals surface area contributed by atoms with E-state index < -0.39 is 0 Å². The lowest BCUT2D eigenvalue weighted by molar-refractivity contribution is 0.0671. The molecule has 0 unspecified atom stereocenters. The Bertz CT molecular complexity index is 1640. The van der Waals surface area contributed by atoms with Gasteiger partial charge in [-0.3, -0.25) is 14.2 Å². The molecule has 1 fully saturated rings. The lowest BCUT2D eigenvalue weighted by atomic mass is 9.96. The number of pyridine rings is 1. The van der Waals surface area contributed by atoms with Gasteiger partial charge >= 0.3 is 0 Å². The average molecular weight is 617 g/mol. The number of para-hydroxylation sites is 1. The fourth-order valence-corrected chi connectivity index (χ4v) is 7.09. The number of carbonyl (C=O) groups excluding carboxylic acids is 1. The number of nitrogens with zero attached hydrogens (tertiary/aromatic N) is 3. The summed E-state index contributed by atoms with van der Waals surface area (Å²) in [6.45, 7) is 13.9. The predicted molar refractivity (Wildman–Crippen MR) is 179 cm³/mol. The van der Waals surface area contributed by atoms with Gasteiger partial charge < -0.3 is 10.2 Å². The topological polar surface area (TPSA) is 67.2 Å². The van der Waals surface area contributed by atoms with Gasteiger partial charge in [-0.05, 0) is 68.4 Å². The van der Waals surface area contributed by atoms with Gasteiger partial charge in [0.05, 0.1) is 22.5 Å². The van der Waals surface area contributed by atoms with Gasteiger partial charge in [0.2, 0.25) is 0 Å². The zero-order valence-electron chi connectivity index (χ0n) is 25.9. The highest BCUT2D eigenvalue weighted by Crippen LogP contribution is 2.32. The van der Waals surface area contributed by atoms with E-state index in [1.807, 2.05) is 45.2 Å². The number of aromatic nitrogens is 2. The molecule has 1 amide bonds. The number of amides is 1. The van der Waals surface area contributed by atoms with E-state index in [0.29, 0.717) is 40.7 Å². The van der Waals surface area contributed by atoms with Crippen LogP contribution in [0.15, 0.2) is 58.7 Å². The van der Waals surface area contributed by atoms with Crippen molar-refractivity contribution in [3.05, 3.63) is 91.7 Å². The van der Waals surface area contributed by atoms with Crippen molar-refractivity contribution in [2.45, 2.75) is 72.9 Å². The van der Waals surface area contributed by atoms with E-state index in [1.54, 1.807) is 0 Å². The second-order valence-electron chi connectivity index (χ2n) is 12.0. The van der Waals surface area contributed by atoms with Gasteiger partial charge in [0, 0.05) is 46.8 Å². The molecule has 226 valence electrons. The van der Waals surface area contributed by atoms with Crippen molar-refractivity contribution in [2.24, 2.45) is 5.92 Å². The van der Waals surface area contributed by atoms with Crippen LogP contribution in [0.25, 0.3) is 27.5 Å². The van der Waals surface area contributed by atoms with Crippen molar-refractivity contribution in [2.75, 3.05) is 13.1 Å². The Kier molecular flexibility index (Phi) is 9.54. The quantitative estimate of drug-likeness (QED) is 0.224. The molecule has 3 heterocycles. The number of thiazole rings is 1. The van der Waals surface area contributed by atoms with Gasteiger partial charge in [0.15, 0.2) is 0 Å². The number of hydrogen-bond donors (Lipinski definition) is 1. The summed E-state index contributed by atoms with van der Waals surface area (Å²) in [6.07, 6.45) is 2.15. The zero-order chi connectivity index (χ0) is 30.8. The minimum Gasteiger partial charge on any atom is -0.335 e. The van der Waals surface area contributed by atoms with E-state index in [0.717, 1.165) is 46.6 Å². The van der Waals surface area contributed by atoms with E-state index >= 15 is 0 Å². The summed E-state index contributed by atoms with van der Waals surface area (Å²) < 4.78 is 1.86. The van der Waals surface area contributed by atoms with E-state index in [9.17, 15) is 9.59 Å². The molecule has 0 saturated carbocycles. The van der Waals surface area contributed by atoms with Crippen LogP contribution in [-0.2, 0) is 19.3 Å². The fraction of sp³-hybridized carbons (Fsp3) is 0.400. The molecule has 0 radical (unpaired) electrons. The molecule has 0 spiro atoms. The third-order valence-corrected chi connectivity index (χ3v) is 9.17. The van der Waals surface area contributed by atoms with Crippen molar-refractivity contribution in [1.82, 2.24) is 19.8 Å². The fourth-order valence-electron chi connectivity index (χ4n) is 6.13. The summed E-state index contributed by atoms with van der Waals surface area (Å²) in [4.78, 5) is 36.1. The Hall–Kier alpha value is -3.26. The monoisotopic (exact) mass is 616 g/mol. The van der Waals surface area contributed by atoms with E-state index in [1.165, 1.54) is 11.3 Å². The molecule has 2 atom stereocenters. The molecule has 2 aromatic heterocycles. The summed E-state index contributed by atoms with van der Waals surface area (Å²) in [5.41, 5.74) is 6.45. The lowest BCUT2D eigenvalue weighted by Crippen LogP contribution is -2.56. The van der Waals surface area contributed by atoms with Crippen LogP contribution in [-0.4, -0.2) is 45.5 Å². The van der Waals surface area contributed by atoms with Crippen LogP contribution in [0.1, 0.15) is 68.7 Å². The molecule has 6 nitrogen and oxygen atoms in total. The molecule has 5 rings (SSSR count). The normalized spacial score (nSPS) is 17.1. The Morgan fingerprint density at radius 3 is 2.26 bits per heavy atom. The third-order valence-electron chi connectivity index (χ3n) is 8.04. The van der Waals surface area contributed by atoms with E-state index in [4.69, 9.17) is 16.6 Å². The van der Waals surface area contributed by atoms with Gasteiger partial charge in [-0.1, -0.05) is 69.6 Å². The zero-order valence-corrected chi connectivity index (χ0v) is 27.5. The van der Waals surface area contributed by atoms with Crippen molar-refractivity contribution in [1.29, 1.82) is 0 Å². The molecule has 1 aliphatic rings. The number of aryl methyl sites for hydroxylation is 2. The maximum absolute atomic E-state index is 14.7. The number of carbonyl (C=O) groups is 1. The first-order valence-corrected chi connectivity index (χ1v) is 16.5. The maximum atomic E-state index is 14.7. The Labute approximate surface area is 263 Å². The number of hydrogen-bond acceptors (Lipinski definition) is 5. The van der Waals surface area contributed by atoms with Gasteiger partial charge in [-0.2, -0.15) is 0 Å². The van der Waals surface area contributed by atoms with E-state index in [-0.39, 0.29) is 29.5 Å². The summed E-state index contributed by atoms with van der Waals surface area (Å²) in [5, 5.41) is 6.75. The molecule has 1 saturated heterocycles. The van der Waals surface area contributed by atoms with Crippen molar-refractivity contribution >= 4 is 28.8 Å². The van der Waals surface area contributed by atoms with Crippen LogP contribution in [0.4, 0.5) is 0 Å². The molecule has 0 aliphatic carbocycles. The van der Waals surface area contributed by atoms with Crippen molar-refractivity contribution < 1.29 is 4.79 Å². The number of halogens is 1. The number of nitrogens with one attached hydrogen (secondary N) is 1. The van der Waals surface area contributed by atoms with Crippen LogP contribution in [0.2, 0.25) is 5.02 Å². The predicted octanol–water partition coefficient (Wildman–Crippen LogP) is 7.43. The van der Waals surface area contributed by atoms with Crippen LogP contribution in [0.5, 0.6) is 0 Å². The van der Waals surface area contributed by atoms with E-state index in [2.05, 4.69) is 65.1 Å². The molecular weight excluding hydrogens is 576 g/mol. The first kappa shape index (κ1) is 31.2. The smallest absolute Gasteiger partial charge is 0.265 e. The molecule has 2 aromatic carbocycles. The van der Waals surface area contributed by atoms with Gasteiger partial charge in [0.1, 0.15) is 5.01 Å². The highest BCUT2D eigenvalue weighted by atomic mass is 35.5. The van der Waals surface area contributed by atoms with Gasteiger partial charge in [-0.25, -0.2) is 4.98 Å². The SMILES string of the molecule is CCc1cccc(CC)c1-n1c(CC(C)C)c(C(=O)N2C[C@@H](C)N[C@@H](C)C2)cc(-c2nc(-c3ccc(Cl)cc3)cs2)c1=O. The van der Waals surface area contributed by atoms with Crippen LogP contribution >= 0.6 is 22.9 Å². The first-order valence-electron chi connectivity index (χ1n) is 15.3. The summed E-state index contributed by atoms with van der Waals surface area (Å²) in [7, 11) is 0. The van der Waals surface area contributed by atoms with Gasteiger partial charge in [-0.15, -0.1) is 11.3 Å².